The number of carbonyl (C=O) groups excluding carboxylic acids is 2. The summed E-state index contributed by atoms with van der Waals surface area (Å²) in [4.78, 5) is 34.7. The largest absolute Gasteiger partial charge is 0.465 e. The lowest BCUT2D eigenvalue weighted by atomic mass is 10.2. The molecule has 3 aromatic rings. The highest BCUT2D eigenvalue weighted by molar-refractivity contribution is 9.10. The van der Waals surface area contributed by atoms with Crippen LogP contribution in [0.2, 0.25) is 0 Å². The van der Waals surface area contributed by atoms with Crippen molar-refractivity contribution in [2.24, 2.45) is 0 Å². The first kappa shape index (κ1) is 16.1. The molecule has 3 heterocycles. The van der Waals surface area contributed by atoms with Gasteiger partial charge in [0.15, 0.2) is 0 Å². The lowest BCUT2D eigenvalue weighted by Crippen LogP contribution is -2.07. The van der Waals surface area contributed by atoms with Crippen LogP contribution in [-0.2, 0) is 9.53 Å². The standard InChI is InChI=1S/C16H13BrN4O3/c1-8(22)19-14-5-9(3-4-18-14)11-7-12-15(21-11)10(16(23)24-2)6-13(17)20-12/h3-7,21H,1-2H3,(H,18,19,22). The van der Waals surface area contributed by atoms with Gasteiger partial charge in [-0.3, -0.25) is 4.79 Å². The molecule has 3 aromatic heterocycles. The van der Waals surface area contributed by atoms with Crippen LogP contribution in [-0.4, -0.2) is 33.9 Å². The van der Waals surface area contributed by atoms with Crippen LogP contribution in [0.1, 0.15) is 17.3 Å². The number of halogens is 1. The van der Waals surface area contributed by atoms with Crippen LogP contribution in [0.3, 0.4) is 0 Å². The number of amides is 1. The zero-order chi connectivity index (χ0) is 17.3. The number of esters is 1. The molecule has 0 aliphatic rings. The highest BCUT2D eigenvalue weighted by Gasteiger charge is 2.16. The van der Waals surface area contributed by atoms with E-state index in [1.807, 2.05) is 6.07 Å². The van der Waals surface area contributed by atoms with E-state index < -0.39 is 5.97 Å². The van der Waals surface area contributed by atoms with Crippen molar-refractivity contribution >= 4 is 44.7 Å². The number of ether oxygens (including phenoxy) is 1. The molecular formula is C16H13BrN4O3. The number of pyridine rings is 2. The lowest BCUT2D eigenvalue weighted by molar-refractivity contribution is -0.114. The van der Waals surface area contributed by atoms with E-state index in [2.05, 4.69) is 36.2 Å². The van der Waals surface area contributed by atoms with Crippen molar-refractivity contribution in [3.05, 3.63) is 40.6 Å². The van der Waals surface area contributed by atoms with Gasteiger partial charge in [0.2, 0.25) is 5.91 Å². The fourth-order valence-corrected chi connectivity index (χ4v) is 2.77. The molecule has 0 bridgehead atoms. The van der Waals surface area contributed by atoms with Crippen molar-refractivity contribution in [2.45, 2.75) is 6.92 Å². The highest BCUT2D eigenvalue weighted by Crippen LogP contribution is 2.28. The summed E-state index contributed by atoms with van der Waals surface area (Å²) in [6.45, 7) is 1.42. The van der Waals surface area contributed by atoms with E-state index >= 15 is 0 Å². The zero-order valence-corrected chi connectivity index (χ0v) is 14.5. The van der Waals surface area contributed by atoms with Crippen molar-refractivity contribution in [1.82, 2.24) is 15.0 Å². The molecule has 2 N–H and O–H groups in total. The van der Waals surface area contributed by atoms with Crippen LogP contribution < -0.4 is 5.32 Å². The van der Waals surface area contributed by atoms with E-state index in [0.29, 0.717) is 27.0 Å². The van der Waals surface area contributed by atoms with Gasteiger partial charge in [-0.05, 0) is 40.2 Å². The lowest BCUT2D eigenvalue weighted by Gasteiger charge is -2.03. The zero-order valence-electron chi connectivity index (χ0n) is 12.9. The minimum atomic E-state index is -0.454. The molecule has 3 rings (SSSR count). The smallest absolute Gasteiger partial charge is 0.340 e. The van der Waals surface area contributed by atoms with Gasteiger partial charge in [0.25, 0.3) is 0 Å². The number of nitrogens with zero attached hydrogens (tertiary/aromatic N) is 2. The second kappa shape index (κ2) is 6.40. The molecule has 122 valence electrons. The Kier molecular flexibility index (Phi) is 4.30. The number of hydrogen-bond acceptors (Lipinski definition) is 5. The number of H-pyrrole nitrogens is 1. The van der Waals surface area contributed by atoms with Crippen LogP contribution in [0.4, 0.5) is 5.82 Å². The summed E-state index contributed by atoms with van der Waals surface area (Å²) >= 11 is 3.29. The van der Waals surface area contributed by atoms with Crippen LogP contribution in [0.25, 0.3) is 22.3 Å². The minimum Gasteiger partial charge on any atom is -0.465 e. The van der Waals surface area contributed by atoms with Crippen LogP contribution in [0.5, 0.6) is 0 Å². The first-order valence-corrected chi connectivity index (χ1v) is 7.79. The number of carbonyl (C=O) groups is 2. The molecule has 0 unspecified atom stereocenters. The summed E-state index contributed by atoms with van der Waals surface area (Å²) in [6.07, 6.45) is 1.59. The van der Waals surface area contributed by atoms with Crippen molar-refractivity contribution in [1.29, 1.82) is 0 Å². The number of rotatable bonds is 3. The Morgan fingerprint density at radius 1 is 1.29 bits per heavy atom. The molecule has 0 aliphatic carbocycles. The normalized spacial score (nSPS) is 10.6. The van der Waals surface area contributed by atoms with Crippen molar-refractivity contribution in [2.75, 3.05) is 12.4 Å². The van der Waals surface area contributed by atoms with E-state index in [0.717, 1.165) is 11.3 Å². The SMILES string of the molecule is COC(=O)c1cc(Br)nc2cc(-c3ccnc(NC(C)=O)c3)[nH]c12. The van der Waals surface area contributed by atoms with Crippen LogP contribution >= 0.6 is 15.9 Å². The number of methoxy groups -OCH3 is 1. The van der Waals surface area contributed by atoms with Gasteiger partial charge >= 0.3 is 5.97 Å². The van der Waals surface area contributed by atoms with Gasteiger partial charge in [0.05, 0.1) is 23.7 Å². The second-order valence-corrected chi connectivity index (χ2v) is 5.85. The molecular weight excluding hydrogens is 376 g/mol. The molecule has 0 saturated heterocycles. The molecule has 24 heavy (non-hydrogen) atoms. The number of nitrogens with one attached hydrogen (secondary N) is 2. The third kappa shape index (κ3) is 3.13. The summed E-state index contributed by atoms with van der Waals surface area (Å²) in [5, 5.41) is 2.64. The molecule has 0 aliphatic heterocycles. The molecule has 0 radical (unpaired) electrons. The Labute approximate surface area is 145 Å². The average Bonchev–Trinajstić information content (AvgIpc) is 2.96. The van der Waals surface area contributed by atoms with Gasteiger partial charge in [-0.15, -0.1) is 0 Å². The maximum Gasteiger partial charge on any atom is 0.340 e. The first-order valence-electron chi connectivity index (χ1n) is 6.99. The quantitative estimate of drug-likeness (QED) is 0.530. The second-order valence-electron chi connectivity index (χ2n) is 5.04. The molecule has 1 amide bonds. The topological polar surface area (TPSA) is 97.0 Å². The molecule has 0 saturated carbocycles. The molecule has 0 aromatic carbocycles. The Bertz CT molecular complexity index is 952. The highest BCUT2D eigenvalue weighted by atomic mass is 79.9. The molecule has 8 heteroatoms. The van der Waals surface area contributed by atoms with Gasteiger partial charge < -0.3 is 15.0 Å². The Hall–Kier alpha value is -2.74. The Morgan fingerprint density at radius 3 is 2.79 bits per heavy atom. The van der Waals surface area contributed by atoms with E-state index in [1.165, 1.54) is 14.0 Å². The van der Waals surface area contributed by atoms with E-state index in [1.54, 1.807) is 24.4 Å². The molecule has 0 atom stereocenters. The van der Waals surface area contributed by atoms with Crippen LogP contribution in [0, 0.1) is 0 Å². The van der Waals surface area contributed by atoms with Crippen LogP contribution in [0.15, 0.2) is 35.1 Å². The Balaban J connectivity index is 2.11. The third-order valence-corrected chi connectivity index (χ3v) is 3.74. The van der Waals surface area contributed by atoms with Gasteiger partial charge in [-0.25, -0.2) is 14.8 Å². The summed E-state index contributed by atoms with van der Waals surface area (Å²) in [5.74, 6) is -0.207. The molecule has 7 nitrogen and oxygen atoms in total. The van der Waals surface area contributed by atoms with Gasteiger partial charge in [-0.1, -0.05) is 0 Å². The fourth-order valence-electron chi connectivity index (χ4n) is 2.35. The van der Waals surface area contributed by atoms with Crippen molar-refractivity contribution in [3.8, 4) is 11.3 Å². The summed E-state index contributed by atoms with van der Waals surface area (Å²) in [7, 11) is 1.33. The van der Waals surface area contributed by atoms with E-state index in [4.69, 9.17) is 4.74 Å². The average molecular weight is 389 g/mol. The van der Waals surface area contributed by atoms with E-state index in [9.17, 15) is 9.59 Å². The predicted molar refractivity (Wildman–Crippen MR) is 92.7 cm³/mol. The fraction of sp³-hybridized carbons (Fsp3) is 0.125. The predicted octanol–water partition coefficient (Wildman–Crippen LogP) is 3.13. The summed E-state index contributed by atoms with van der Waals surface area (Å²) in [5.41, 5.74) is 3.14. The van der Waals surface area contributed by atoms with Gasteiger partial charge in [0.1, 0.15) is 10.4 Å². The molecule has 0 fully saturated rings. The minimum absolute atomic E-state index is 0.199. The summed E-state index contributed by atoms with van der Waals surface area (Å²) < 4.78 is 5.35. The van der Waals surface area contributed by atoms with E-state index in [-0.39, 0.29) is 5.91 Å². The molecule has 0 spiro atoms. The number of anilines is 1. The third-order valence-electron chi connectivity index (χ3n) is 3.34. The van der Waals surface area contributed by atoms with Gasteiger partial charge in [0, 0.05) is 24.4 Å². The maximum atomic E-state index is 12.0. The first-order chi connectivity index (χ1) is 11.5. The maximum absolute atomic E-state index is 12.0. The number of aromatic amines is 1. The van der Waals surface area contributed by atoms with Crippen molar-refractivity contribution < 1.29 is 14.3 Å². The van der Waals surface area contributed by atoms with Crippen molar-refractivity contribution in [3.63, 3.8) is 0 Å². The summed E-state index contributed by atoms with van der Waals surface area (Å²) in [6, 6.07) is 6.95. The number of hydrogen-bond donors (Lipinski definition) is 2. The number of fused-ring (bicyclic) bond motifs is 1. The Morgan fingerprint density at radius 2 is 2.08 bits per heavy atom. The van der Waals surface area contributed by atoms with Gasteiger partial charge in [-0.2, -0.15) is 0 Å². The monoisotopic (exact) mass is 388 g/mol. The number of aromatic nitrogens is 3.